The average Bonchev–Trinajstić information content (AvgIpc) is 2.84. The van der Waals surface area contributed by atoms with Crippen LogP contribution in [0.5, 0.6) is 5.75 Å². The molecule has 0 aromatic heterocycles. The van der Waals surface area contributed by atoms with Gasteiger partial charge in [-0.2, -0.15) is 0 Å². The van der Waals surface area contributed by atoms with Gasteiger partial charge in [0.15, 0.2) is 5.96 Å². The molecule has 0 spiro atoms. The summed E-state index contributed by atoms with van der Waals surface area (Å²) in [5, 5.41) is 0.762. The van der Waals surface area contributed by atoms with Gasteiger partial charge in [0, 0.05) is 55.5 Å². The highest BCUT2D eigenvalue weighted by molar-refractivity contribution is 6.30. The zero-order valence-corrected chi connectivity index (χ0v) is 18.9. The molecule has 31 heavy (non-hydrogen) atoms. The van der Waals surface area contributed by atoms with Crippen molar-refractivity contribution in [3.05, 3.63) is 59.1 Å². The van der Waals surface area contributed by atoms with E-state index < -0.39 is 0 Å². The maximum atomic E-state index is 6.44. The highest BCUT2D eigenvalue weighted by Crippen LogP contribution is 2.36. The van der Waals surface area contributed by atoms with Crippen LogP contribution < -0.4 is 15.4 Å². The smallest absolute Gasteiger partial charge is 0.191 e. The van der Waals surface area contributed by atoms with Crippen molar-refractivity contribution in [2.24, 2.45) is 10.7 Å². The van der Waals surface area contributed by atoms with Gasteiger partial charge in [-0.3, -0.25) is 4.99 Å². The van der Waals surface area contributed by atoms with Crippen molar-refractivity contribution >= 4 is 23.2 Å². The van der Waals surface area contributed by atoms with Crippen LogP contribution >= 0.6 is 11.6 Å². The Balaban J connectivity index is 1.41. The molecule has 2 aliphatic heterocycles. The molecule has 2 aliphatic rings. The molecule has 0 unspecified atom stereocenters. The summed E-state index contributed by atoms with van der Waals surface area (Å²) in [5.74, 6) is 1.50. The molecule has 0 bridgehead atoms. The summed E-state index contributed by atoms with van der Waals surface area (Å²) in [5.41, 5.74) is 8.87. The molecule has 2 N–H and O–H groups in total. The van der Waals surface area contributed by atoms with Crippen molar-refractivity contribution in [3.8, 4) is 5.75 Å². The van der Waals surface area contributed by atoms with Crippen molar-refractivity contribution in [1.82, 2.24) is 4.90 Å². The second-order valence-electron chi connectivity index (χ2n) is 8.25. The van der Waals surface area contributed by atoms with Crippen molar-refractivity contribution < 1.29 is 9.47 Å². The molecule has 0 aliphatic carbocycles. The SMILES string of the molecule is COc1ccc(C2(CN=C(N)N3CCN(c4ccc(Cl)cc4)CC3)CCOCC2)cc1. The second-order valence-corrected chi connectivity index (χ2v) is 8.68. The highest BCUT2D eigenvalue weighted by atomic mass is 35.5. The molecule has 0 radical (unpaired) electrons. The number of benzene rings is 2. The lowest BCUT2D eigenvalue weighted by Gasteiger charge is -2.38. The van der Waals surface area contributed by atoms with E-state index in [9.17, 15) is 0 Å². The fourth-order valence-electron chi connectivity index (χ4n) is 4.42. The molecule has 2 aromatic carbocycles. The Morgan fingerprint density at radius 1 is 1.03 bits per heavy atom. The van der Waals surface area contributed by atoms with Gasteiger partial charge in [-0.05, 0) is 54.8 Å². The van der Waals surface area contributed by atoms with Crippen LogP contribution in [0.15, 0.2) is 53.5 Å². The molecule has 6 nitrogen and oxygen atoms in total. The monoisotopic (exact) mass is 442 g/mol. The Kier molecular flexibility index (Phi) is 6.88. The predicted octanol–water partition coefficient (Wildman–Crippen LogP) is 3.53. The molecule has 166 valence electrons. The third-order valence-corrected chi connectivity index (χ3v) is 6.74. The topological polar surface area (TPSA) is 63.3 Å². The van der Waals surface area contributed by atoms with Gasteiger partial charge in [-0.1, -0.05) is 23.7 Å². The summed E-state index contributed by atoms with van der Waals surface area (Å²) in [7, 11) is 1.69. The number of nitrogens with two attached hydrogens (primary N) is 1. The number of methoxy groups -OCH3 is 1. The quantitative estimate of drug-likeness (QED) is 0.567. The molecule has 2 fully saturated rings. The Hall–Kier alpha value is -2.44. The summed E-state index contributed by atoms with van der Waals surface area (Å²) in [4.78, 5) is 9.42. The minimum Gasteiger partial charge on any atom is -0.497 e. The first-order valence-electron chi connectivity index (χ1n) is 10.9. The van der Waals surface area contributed by atoms with Crippen LogP contribution in [-0.4, -0.2) is 63.9 Å². The Bertz CT molecular complexity index is 871. The van der Waals surface area contributed by atoms with Gasteiger partial charge in [-0.25, -0.2) is 0 Å². The molecule has 0 atom stereocenters. The van der Waals surface area contributed by atoms with Gasteiger partial charge in [-0.15, -0.1) is 0 Å². The van der Waals surface area contributed by atoms with Crippen LogP contribution in [-0.2, 0) is 10.2 Å². The predicted molar refractivity (Wildman–Crippen MR) is 126 cm³/mol. The zero-order chi connectivity index (χ0) is 21.7. The second kappa shape index (κ2) is 9.79. The van der Waals surface area contributed by atoms with E-state index in [1.807, 2.05) is 24.3 Å². The Morgan fingerprint density at radius 3 is 2.29 bits per heavy atom. The molecule has 0 amide bonds. The van der Waals surface area contributed by atoms with Crippen LogP contribution in [0.1, 0.15) is 18.4 Å². The van der Waals surface area contributed by atoms with E-state index in [1.54, 1.807) is 7.11 Å². The zero-order valence-electron chi connectivity index (χ0n) is 18.1. The number of aliphatic imine (C=N–C) groups is 1. The molecule has 2 heterocycles. The lowest BCUT2D eigenvalue weighted by atomic mass is 9.74. The van der Waals surface area contributed by atoms with Gasteiger partial charge in [0.2, 0.25) is 0 Å². The summed E-state index contributed by atoms with van der Waals surface area (Å²) in [6, 6.07) is 16.4. The summed E-state index contributed by atoms with van der Waals surface area (Å²) in [6.07, 6.45) is 1.89. The number of ether oxygens (including phenoxy) is 2. The fraction of sp³-hybridized carbons (Fsp3) is 0.458. The Labute approximate surface area is 189 Å². The van der Waals surface area contributed by atoms with Gasteiger partial charge >= 0.3 is 0 Å². The standard InChI is InChI=1S/C24H31ClN4O2/c1-30-22-8-2-19(3-9-22)24(10-16-31-17-11-24)18-27-23(26)29-14-12-28(13-15-29)21-6-4-20(25)5-7-21/h2-9H,10-18H2,1H3,(H2,26,27). The first-order valence-corrected chi connectivity index (χ1v) is 11.3. The van der Waals surface area contributed by atoms with Crippen LogP contribution in [0, 0.1) is 0 Å². The molecular formula is C24H31ClN4O2. The molecule has 4 rings (SSSR count). The van der Waals surface area contributed by atoms with Crippen LogP contribution in [0.3, 0.4) is 0 Å². The number of hydrogen-bond acceptors (Lipinski definition) is 4. The molecule has 7 heteroatoms. The molecule has 2 aromatic rings. The maximum Gasteiger partial charge on any atom is 0.191 e. The van der Waals surface area contributed by atoms with Crippen LogP contribution in [0.2, 0.25) is 5.02 Å². The third-order valence-electron chi connectivity index (χ3n) is 6.49. The van der Waals surface area contributed by atoms with Crippen LogP contribution in [0.4, 0.5) is 5.69 Å². The van der Waals surface area contributed by atoms with Crippen molar-refractivity contribution in [3.63, 3.8) is 0 Å². The van der Waals surface area contributed by atoms with Gasteiger partial charge in [0.25, 0.3) is 0 Å². The summed E-state index contributed by atoms with van der Waals surface area (Å²) >= 11 is 6.01. The number of halogens is 1. The van der Waals surface area contributed by atoms with E-state index in [2.05, 4.69) is 34.1 Å². The minimum atomic E-state index is -0.0414. The summed E-state index contributed by atoms with van der Waals surface area (Å²) in [6.45, 7) is 5.71. The number of nitrogens with zero attached hydrogens (tertiary/aromatic N) is 3. The van der Waals surface area contributed by atoms with Gasteiger partial charge in [0.1, 0.15) is 5.75 Å². The van der Waals surface area contributed by atoms with E-state index in [1.165, 1.54) is 11.3 Å². The number of piperazine rings is 1. The number of rotatable bonds is 5. The normalized spacial score (nSPS) is 19.4. The van der Waals surface area contributed by atoms with Gasteiger partial charge < -0.3 is 25.0 Å². The van der Waals surface area contributed by atoms with Crippen molar-refractivity contribution in [1.29, 1.82) is 0 Å². The van der Waals surface area contributed by atoms with Gasteiger partial charge in [0.05, 0.1) is 13.7 Å². The molecule has 2 saturated heterocycles. The highest BCUT2D eigenvalue weighted by Gasteiger charge is 2.34. The average molecular weight is 443 g/mol. The lowest BCUT2D eigenvalue weighted by Crippen LogP contribution is -2.51. The van der Waals surface area contributed by atoms with E-state index in [-0.39, 0.29) is 5.41 Å². The number of hydrogen-bond donors (Lipinski definition) is 1. The van der Waals surface area contributed by atoms with E-state index >= 15 is 0 Å². The summed E-state index contributed by atoms with van der Waals surface area (Å²) < 4.78 is 11.0. The first-order chi connectivity index (χ1) is 15.1. The van der Waals surface area contributed by atoms with E-state index in [4.69, 9.17) is 31.8 Å². The lowest BCUT2D eigenvalue weighted by molar-refractivity contribution is 0.0530. The minimum absolute atomic E-state index is 0.0414. The Morgan fingerprint density at radius 2 is 1.68 bits per heavy atom. The maximum absolute atomic E-state index is 6.44. The third kappa shape index (κ3) is 5.08. The fourth-order valence-corrected chi connectivity index (χ4v) is 4.55. The largest absolute Gasteiger partial charge is 0.497 e. The van der Waals surface area contributed by atoms with E-state index in [0.29, 0.717) is 12.5 Å². The number of anilines is 1. The van der Waals surface area contributed by atoms with Crippen molar-refractivity contribution in [2.75, 3.05) is 57.9 Å². The first kappa shape index (κ1) is 21.8. The van der Waals surface area contributed by atoms with Crippen molar-refractivity contribution in [2.45, 2.75) is 18.3 Å². The van der Waals surface area contributed by atoms with E-state index in [0.717, 1.165) is 63.0 Å². The molecule has 0 saturated carbocycles. The van der Waals surface area contributed by atoms with Crippen LogP contribution in [0.25, 0.3) is 0 Å². The number of guanidine groups is 1. The molecular weight excluding hydrogens is 412 g/mol.